The van der Waals surface area contributed by atoms with Crippen LogP contribution in [0.2, 0.25) is 0 Å². The van der Waals surface area contributed by atoms with E-state index in [1.54, 1.807) is 13.8 Å². The molecule has 5 unspecified atom stereocenters. The van der Waals surface area contributed by atoms with Crippen LogP contribution in [-0.4, -0.2) is 83.6 Å². The number of carbonyl (C=O) groups is 6. The van der Waals surface area contributed by atoms with Crippen molar-refractivity contribution in [2.45, 2.75) is 103 Å². The largest absolute Gasteiger partial charge is 0.368 e. The van der Waals surface area contributed by atoms with Crippen molar-refractivity contribution in [3.63, 3.8) is 0 Å². The molecule has 0 aromatic heterocycles. The van der Waals surface area contributed by atoms with Gasteiger partial charge in [0.05, 0.1) is 0 Å². The number of likely N-dealkylation sites (tertiary alicyclic amines) is 1. The Hall–Kier alpha value is -4.00. The molecule has 1 aromatic rings. The Morgan fingerprint density at radius 1 is 0.867 bits per heavy atom. The van der Waals surface area contributed by atoms with E-state index >= 15 is 0 Å². The van der Waals surface area contributed by atoms with E-state index in [4.69, 9.17) is 11.5 Å². The van der Waals surface area contributed by atoms with Crippen molar-refractivity contribution in [2.75, 3.05) is 13.1 Å². The first-order valence-electron chi connectivity index (χ1n) is 15.8. The second-order valence-electron chi connectivity index (χ2n) is 12.4. The third kappa shape index (κ3) is 11.8. The molecule has 2 rings (SSSR count). The van der Waals surface area contributed by atoms with Gasteiger partial charge in [0.25, 0.3) is 0 Å². The number of benzene rings is 1. The predicted molar refractivity (Wildman–Crippen MR) is 170 cm³/mol. The lowest BCUT2D eigenvalue weighted by molar-refractivity contribution is -0.141. The maximum atomic E-state index is 13.8. The highest BCUT2D eigenvalue weighted by Gasteiger charge is 2.38. The summed E-state index contributed by atoms with van der Waals surface area (Å²) in [4.78, 5) is 79.3. The van der Waals surface area contributed by atoms with Crippen LogP contribution < -0.4 is 32.7 Å². The van der Waals surface area contributed by atoms with Crippen LogP contribution in [0, 0.1) is 11.8 Å². The minimum atomic E-state index is -1.03. The zero-order valence-electron chi connectivity index (χ0n) is 27.1. The van der Waals surface area contributed by atoms with Gasteiger partial charge in [-0.15, -0.1) is 0 Å². The van der Waals surface area contributed by atoms with Crippen molar-refractivity contribution in [2.24, 2.45) is 23.3 Å². The van der Waals surface area contributed by atoms with Crippen molar-refractivity contribution >= 4 is 35.4 Å². The summed E-state index contributed by atoms with van der Waals surface area (Å²) in [7, 11) is 0. The summed E-state index contributed by atoms with van der Waals surface area (Å²) in [5.74, 6) is -3.32. The number of primary amides is 1. The van der Waals surface area contributed by atoms with Gasteiger partial charge in [0.15, 0.2) is 0 Å². The minimum absolute atomic E-state index is 0.00989. The van der Waals surface area contributed by atoms with Gasteiger partial charge in [-0.1, -0.05) is 58.0 Å². The molecule has 5 atom stereocenters. The Labute approximate surface area is 266 Å². The molecule has 1 aliphatic heterocycles. The van der Waals surface area contributed by atoms with Gasteiger partial charge < -0.3 is 37.6 Å². The molecule has 6 amide bonds. The summed E-state index contributed by atoms with van der Waals surface area (Å²) < 4.78 is 0. The second kappa shape index (κ2) is 18.1. The number of carbonyl (C=O) groups excluding carboxylic acids is 6. The highest BCUT2D eigenvalue weighted by atomic mass is 16.2. The lowest BCUT2D eigenvalue weighted by Gasteiger charge is -2.30. The third-order valence-electron chi connectivity index (χ3n) is 7.74. The van der Waals surface area contributed by atoms with Crippen molar-refractivity contribution in [3.05, 3.63) is 35.9 Å². The molecule has 1 fully saturated rings. The number of hydrogen-bond acceptors (Lipinski definition) is 7. The maximum absolute atomic E-state index is 13.8. The average molecular weight is 630 g/mol. The zero-order valence-corrected chi connectivity index (χ0v) is 27.1. The summed E-state index contributed by atoms with van der Waals surface area (Å²) in [6, 6.07) is 4.52. The number of nitrogens with two attached hydrogens (primary N) is 2. The van der Waals surface area contributed by atoms with Crippen LogP contribution in [0.4, 0.5) is 0 Å². The highest BCUT2D eigenvalue weighted by molar-refractivity contribution is 5.96. The van der Waals surface area contributed by atoms with E-state index < -0.39 is 59.7 Å². The molecule has 0 aliphatic carbocycles. The topological polar surface area (TPSA) is 206 Å². The highest BCUT2D eigenvalue weighted by Crippen LogP contribution is 2.20. The van der Waals surface area contributed by atoms with Crippen molar-refractivity contribution in [1.29, 1.82) is 0 Å². The quantitative estimate of drug-likeness (QED) is 0.140. The van der Waals surface area contributed by atoms with E-state index in [9.17, 15) is 28.8 Å². The molecular formula is C32H51N7O6. The Balaban J connectivity index is 2.30. The Morgan fingerprint density at radius 2 is 1.47 bits per heavy atom. The van der Waals surface area contributed by atoms with Crippen LogP contribution in [0.1, 0.15) is 72.3 Å². The monoisotopic (exact) mass is 629 g/mol. The molecule has 1 saturated heterocycles. The molecule has 1 aromatic carbocycles. The zero-order chi connectivity index (χ0) is 33.7. The summed E-state index contributed by atoms with van der Waals surface area (Å²) in [5.41, 5.74) is 12.1. The number of amides is 6. The molecular weight excluding hydrogens is 578 g/mol. The van der Waals surface area contributed by atoms with E-state index in [2.05, 4.69) is 21.3 Å². The number of hydrogen-bond donors (Lipinski definition) is 6. The van der Waals surface area contributed by atoms with Crippen LogP contribution >= 0.6 is 0 Å². The van der Waals surface area contributed by atoms with Gasteiger partial charge in [-0.2, -0.15) is 0 Å². The molecule has 8 N–H and O–H groups in total. The van der Waals surface area contributed by atoms with Gasteiger partial charge in [0, 0.05) is 19.9 Å². The Morgan fingerprint density at radius 3 is 2.02 bits per heavy atom. The molecule has 13 heteroatoms. The predicted octanol–water partition coefficient (Wildman–Crippen LogP) is 0.106. The van der Waals surface area contributed by atoms with Crippen molar-refractivity contribution < 1.29 is 28.8 Å². The Bertz CT molecular complexity index is 1180. The fraction of sp³-hybridized carbons (Fsp3) is 0.625. The lowest BCUT2D eigenvalue weighted by atomic mass is 9.99. The summed E-state index contributed by atoms with van der Waals surface area (Å²) >= 11 is 0. The fourth-order valence-corrected chi connectivity index (χ4v) is 5.43. The first-order chi connectivity index (χ1) is 21.2. The number of rotatable bonds is 17. The summed E-state index contributed by atoms with van der Waals surface area (Å²) in [6.07, 6.45) is 2.14. The van der Waals surface area contributed by atoms with Gasteiger partial charge in [-0.3, -0.25) is 28.8 Å². The average Bonchev–Trinajstić information content (AvgIpc) is 3.47. The SMILES string of the molecule is CC(=O)NC(C(=O)NC(CCCN)C(=O)NC(CC(C)C)C(=O)NC(Cc1ccccc1)C(=O)N1CCCC1C(N)=O)C(C)C. The first kappa shape index (κ1) is 37.2. The molecule has 1 heterocycles. The van der Waals surface area contributed by atoms with Gasteiger partial charge in [-0.05, 0) is 56.0 Å². The maximum Gasteiger partial charge on any atom is 0.246 e. The smallest absolute Gasteiger partial charge is 0.246 e. The molecule has 45 heavy (non-hydrogen) atoms. The molecule has 13 nitrogen and oxygen atoms in total. The van der Waals surface area contributed by atoms with Gasteiger partial charge >= 0.3 is 0 Å². The lowest BCUT2D eigenvalue weighted by Crippen LogP contribution is -2.59. The van der Waals surface area contributed by atoms with Crippen LogP contribution in [0.15, 0.2) is 30.3 Å². The molecule has 250 valence electrons. The normalized spacial score (nSPS) is 17.2. The third-order valence-corrected chi connectivity index (χ3v) is 7.74. The second-order valence-corrected chi connectivity index (χ2v) is 12.4. The van der Waals surface area contributed by atoms with Crippen LogP contribution in [0.5, 0.6) is 0 Å². The minimum Gasteiger partial charge on any atom is -0.368 e. The molecule has 0 bridgehead atoms. The Kier molecular flexibility index (Phi) is 14.9. The van der Waals surface area contributed by atoms with Crippen molar-refractivity contribution in [1.82, 2.24) is 26.2 Å². The van der Waals surface area contributed by atoms with E-state index in [1.165, 1.54) is 11.8 Å². The summed E-state index contributed by atoms with van der Waals surface area (Å²) in [5, 5.41) is 11.0. The van der Waals surface area contributed by atoms with E-state index in [0.29, 0.717) is 25.8 Å². The van der Waals surface area contributed by atoms with Crippen LogP contribution in [0.3, 0.4) is 0 Å². The van der Waals surface area contributed by atoms with E-state index in [-0.39, 0.29) is 43.6 Å². The number of nitrogens with one attached hydrogen (secondary N) is 4. The fourth-order valence-electron chi connectivity index (χ4n) is 5.43. The molecule has 0 saturated carbocycles. The standard InChI is InChI=1S/C32H51N7O6/c1-19(2)17-24(37-29(42)23(13-9-15-33)36-31(44)27(20(3)4)35-21(5)40)30(43)38-25(18-22-11-7-6-8-12-22)32(45)39-16-10-14-26(39)28(34)41/h6-8,11-12,19-20,23-27H,9-10,13-18,33H2,1-5H3,(H2,34,41)(H,35,40)(H,36,44)(H,37,42)(H,38,43). The van der Waals surface area contributed by atoms with Gasteiger partial charge in [0.1, 0.15) is 30.2 Å². The van der Waals surface area contributed by atoms with Gasteiger partial charge in [0.2, 0.25) is 35.4 Å². The number of nitrogens with zero attached hydrogens (tertiary/aromatic N) is 1. The molecule has 0 spiro atoms. The summed E-state index contributed by atoms with van der Waals surface area (Å²) in [6.45, 7) is 9.28. The van der Waals surface area contributed by atoms with Crippen LogP contribution in [-0.2, 0) is 35.2 Å². The first-order valence-corrected chi connectivity index (χ1v) is 15.8. The van der Waals surface area contributed by atoms with Gasteiger partial charge in [-0.25, -0.2) is 0 Å². The van der Waals surface area contributed by atoms with Crippen LogP contribution in [0.25, 0.3) is 0 Å². The molecule has 1 aliphatic rings. The molecule has 0 radical (unpaired) electrons. The van der Waals surface area contributed by atoms with E-state index in [1.807, 2.05) is 44.2 Å². The van der Waals surface area contributed by atoms with E-state index in [0.717, 1.165) is 5.56 Å². The van der Waals surface area contributed by atoms with Crippen molar-refractivity contribution in [3.8, 4) is 0 Å².